The fourth-order valence-electron chi connectivity index (χ4n) is 3.93. The number of hydrogen-bond donors (Lipinski definition) is 0. The Morgan fingerprint density at radius 3 is 2.76 bits per heavy atom. The molecule has 1 aliphatic rings. The second-order valence-electron chi connectivity index (χ2n) is 8.63. The SMILES string of the molecule is Cc1ccc(C(=O)N2CCCC(c3nnnn3CCC(C)C)(N(C)C)C2)cc1F. The highest BCUT2D eigenvalue weighted by Gasteiger charge is 2.44. The van der Waals surface area contributed by atoms with Gasteiger partial charge in [-0.05, 0) is 74.3 Å². The number of likely N-dealkylation sites (tertiary alicyclic amines) is 1. The Labute approximate surface area is 171 Å². The van der Waals surface area contributed by atoms with E-state index in [2.05, 4.69) is 34.3 Å². The van der Waals surface area contributed by atoms with Gasteiger partial charge in [-0.25, -0.2) is 9.07 Å². The van der Waals surface area contributed by atoms with Crippen LogP contribution in [0.25, 0.3) is 0 Å². The van der Waals surface area contributed by atoms with Crippen molar-refractivity contribution in [2.45, 2.75) is 52.1 Å². The van der Waals surface area contributed by atoms with Gasteiger partial charge in [0, 0.05) is 25.2 Å². The van der Waals surface area contributed by atoms with E-state index in [-0.39, 0.29) is 11.7 Å². The van der Waals surface area contributed by atoms with Crippen LogP contribution < -0.4 is 0 Å². The van der Waals surface area contributed by atoms with Gasteiger partial charge in [0.05, 0.1) is 0 Å². The van der Waals surface area contributed by atoms with Crippen LogP contribution in [0.5, 0.6) is 0 Å². The predicted molar refractivity (Wildman–Crippen MR) is 109 cm³/mol. The molecule has 1 aromatic carbocycles. The molecule has 2 heterocycles. The lowest BCUT2D eigenvalue weighted by Crippen LogP contribution is -2.56. The number of nitrogens with zero attached hydrogens (tertiary/aromatic N) is 6. The van der Waals surface area contributed by atoms with Crippen LogP contribution in [-0.4, -0.2) is 63.1 Å². The molecule has 29 heavy (non-hydrogen) atoms. The highest BCUT2D eigenvalue weighted by Crippen LogP contribution is 2.35. The molecule has 2 aromatic rings. The van der Waals surface area contributed by atoms with Gasteiger partial charge >= 0.3 is 0 Å². The fraction of sp³-hybridized carbons (Fsp3) is 0.619. The van der Waals surface area contributed by atoms with E-state index in [9.17, 15) is 9.18 Å². The number of aryl methyl sites for hydroxylation is 2. The molecule has 3 rings (SSSR count). The first-order chi connectivity index (χ1) is 13.7. The van der Waals surface area contributed by atoms with Gasteiger partial charge in [-0.2, -0.15) is 0 Å². The summed E-state index contributed by atoms with van der Waals surface area (Å²) in [6.45, 7) is 7.89. The van der Waals surface area contributed by atoms with E-state index in [0.29, 0.717) is 30.1 Å². The first-order valence-corrected chi connectivity index (χ1v) is 10.2. The Balaban J connectivity index is 1.89. The zero-order valence-corrected chi connectivity index (χ0v) is 18.0. The number of carbonyl (C=O) groups is 1. The van der Waals surface area contributed by atoms with Crippen molar-refractivity contribution in [3.05, 3.63) is 41.0 Å². The van der Waals surface area contributed by atoms with Crippen molar-refractivity contribution in [2.24, 2.45) is 5.92 Å². The third-order valence-electron chi connectivity index (χ3n) is 5.90. The lowest BCUT2D eigenvalue weighted by atomic mass is 9.86. The van der Waals surface area contributed by atoms with E-state index in [1.165, 1.54) is 6.07 Å². The van der Waals surface area contributed by atoms with E-state index in [1.54, 1.807) is 24.0 Å². The average molecular weight is 403 g/mol. The molecule has 0 aliphatic carbocycles. The van der Waals surface area contributed by atoms with Crippen LogP contribution in [0.3, 0.4) is 0 Å². The van der Waals surface area contributed by atoms with E-state index in [0.717, 1.165) is 31.6 Å². The Hall–Kier alpha value is -2.35. The van der Waals surface area contributed by atoms with E-state index >= 15 is 0 Å². The predicted octanol–water partition coefficient (Wildman–Crippen LogP) is 2.86. The van der Waals surface area contributed by atoms with Crippen LogP contribution in [-0.2, 0) is 12.1 Å². The summed E-state index contributed by atoms with van der Waals surface area (Å²) in [4.78, 5) is 17.0. The van der Waals surface area contributed by atoms with Crippen LogP contribution >= 0.6 is 0 Å². The first kappa shape index (κ1) is 21.4. The third kappa shape index (κ3) is 4.32. The molecule has 1 unspecified atom stereocenters. The summed E-state index contributed by atoms with van der Waals surface area (Å²) in [5, 5.41) is 12.5. The number of carbonyl (C=O) groups excluding carboxylic acids is 1. The number of hydrogen-bond acceptors (Lipinski definition) is 5. The number of benzene rings is 1. The molecule has 8 heteroatoms. The van der Waals surface area contributed by atoms with Gasteiger partial charge in [0.15, 0.2) is 5.82 Å². The molecule has 1 saturated heterocycles. The van der Waals surface area contributed by atoms with Gasteiger partial charge in [-0.3, -0.25) is 9.69 Å². The molecule has 1 amide bonds. The van der Waals surface area contributed by atoms with Gasteiger partial charge in [-0.15, -0.1) is 5.10 Å². The Kier molecular flexibility index (Phi) is 6.31. The largest absolute Gasteiger partial charge is 0.336 e. The molecule has 0 spiro atoms. The molecule has 0 bridgehead atoms. The molecule has 1 aliphatic heterocycles. The normalized spacial score (nSPS) is 19.9. The highest BCUT2D eigenvalue weighted by atomic mass is 19.1. The van der Waals surface area contributed by atoms with Crippen LogP contribution in [0, 0.1) is 18.7 Å². The summed E-state index contributed by atoms with van der Waals surface area (Å²) in [5.74, 6) is 0.819. The monoisotopic (exact) mass is 402 g/mol. The zero-order chi connectivity index (χ0) is 21.2. The number of likely N-dealkylation sites (N-methyl/N-ethyl adjacent to an activating group) is 1. The number of rotatable bonds is 6. The van der Waals surface area contributed by atoms with E-state index in [1.807, 2.05) is 18.8 Å². The first-order valence-electron chi connectivity index (χ1n) is 10.2. The molecule has 1 aromatic heterocycles. The van der Waals surface area contributed by atoms with Crippen LogP contribution in [0.1, 0.15) is 54.9 Å². The minimum absolute atomic E-state index is 0.156. The quantitative estimate of drug-likeness (QED) is 0.743. The van der Waals surface area contributed by atoms with Gasteiger partial charge in [-0.1, -0.05) is 19.9 Å². The van der Waals surface area contributed by atoms with Crippen molar-refractivity contribution < 1.29 is 9.18 Å². The van der Waals surface area contributed by atoms with Crippen LogP contribution in [0.15, 0.2) is 18.2 Å². The molecular weight excluding hydrogens is 371 g/mol. The van der Waals surface area contributed by atoms with Crippen molar-refractivity contribution in [2.75, 3.05) is 27.2 Å². The van der Waals surface area contributed by atoms with Crippen molar-refractivity contribution >= 4 is 5.91 Å². The van der Waals surface area contributed by atoms with E-state index < -0.39 is 5.54 Å². The Morgan fingerprint density at radius 1 is 1.34 bits per heavy atom. The summed E-state index contributed by atoms with van der Waals surface area (Å²) < 4.78 is 15.9. The van der Waals surface area contributed by atoms with Crippen LogP contribution in [0.4, 0.5) is 4.39 Å². The molecule has 158 valence electrons. The number of tetrazole rings is 1. The molecule has 1 fully saturated rings. The molecule has 1 atom stereocenters. The molecular formula is C21H31FN6O. The maximum absolute atomic E-state index is 14.0. The van der Waals surface area contributed by atoms with Crippen molar-refractivity contribution in [1.82, 2.24) is 30.0 Å². The Bertz CT molecular complexity index is 865. The Morgan fingerprint density at radius 2 is 2.10 bits per heavy atom. The third-order valence-corrected chi connectivity index (χ3v) is 5.90. The van der Waals surface area contributed by atoms with Crippen molar-refractivity contribution in [1.29, 1.82) is 0 Å². The second kappa shape index (κ2) is 8.57. The van der Waals surface area contributed by atoms with Gasteiger partial charge < -0.3 is 4.90 Å². The second-order valence-corrected chi connectivity index (χ2v) is 8.63. The van der Waals surface area contributed by atoms with Gasteiger partial charge in [0.2, 0.25) is 0 Å². The number of halogens is 1. The smallest absolute Gasteiger partial charge is 0.254 e. The molecule has 0 N–H and O–H groups in total. The minimum atomic E-state index is -0.475. The van der Waals surface area contributed by atoms with Gasteiger partial charge in [0.25, 0.3) is 5.91 Å². The summed E-state index contributed by atoms with van der Waals surface area (Å²) in [5.41, 5.74) is 0.437. The number of amides is 1. The highest BCUT2D eigenvalue weighted by molar-refractivity contribution is 5.94. The summed E-state index contributed by atoms with van der Waals surface area (Å²) in [7, 11) is 4.00. The van der Waals surface area contributed by atoms with Gasteiger partial charge in [0.1, 0.15) is 11.4 Å². The van der Waals surface area contributed by atoms with Crippen LogP contribution in [0.2, 0.25) is 0 Å². The average Bonchev–Trinajstić information content (AvgIpc) is 3.17. The lowest BCUT2D eigenvalue weighted by molar-refractivity contribution is 0.0256. The maximum Gasteiger partial charge on any atom is 0.254 e. The molecule has 0 saturated carbocycles. The fourth-order valence-corrected chi connectivity index (χ4v) is 3.93. The topological polar surface area (TPSA) is 67.2 Å². The maximum atomic E-state index is 14.0. The summed E-state index contributed by atoms with van der Waals surface area (Å²) in [6.07, 6.45) is 2.66. The lowest BCUT2D eigenvalue weighted by Gasteiger charge is -2.45. The minimum Gasteiger partial charge on any atom is -0.336 e. The molecule has 0 radical (unpaired) electrons. The number of aromatic nitrogens is 4. The standard InChI is InChI=1S/C21H31FN6O/c1-15(2)9-12-28-20(23-24-25-28)21(26(4)5)10-6-11-27(14-21)19(29)17-8-7-16(3)18(22)13-17/h7-8,13,15H,6,9-12,14H2,1-5H3. The van der Waals surface area contributed by atoms with E-state index in [4.69, 9.17) is 0 Å². The zero-order valence-electron chi connectivity index (χ0n) is 18.0. The number of piperidine rings is 1. The molecule has 7 nitrogen and oxygen atoms in total. The van der Waals surface area contributed by atoms with Crippen molar-refractivity contribution in [3.8, 4) is 0 Å². The van der Waals surface area contributed by atoms with Crippen molar-refractivity contribution in [3.63, 3.8) is 0 Å². The summed E-state index contributed by atoms with van der Waals surface area (Å²) >= 11 is 0. The summed E-state index contributed by atoms with van der Waals surface area (Å²) in [6, 6.07) is 4.67.